The van der Waals surface area contributed by atoms with Gasteiger partial charge in [-0.05, 0) is 24.3 Å². The topological polar surface area (TPSA) is 68.0 Å². The number of nitrogens with two attached hydrogens (primary N) is 1. The molecule has 1 amide bonds. The molecule has 2 aromatic rings. The lowest BCUT2D eigenvalue weighted by Gasteiger charge is -2.09. The van der Waals surface area contributed by atoms with Crippen molar-refractivity contribution in [2.75, 3.05) is 11.1 Å². The second-order valence-corrected chi connectivity index (χ2v) is 3.89. The van der Waals surface area contributed by atoms with Gasteiger partial charge in [-0.25, -0.2) is 9.37 Å². The van der Waals surface area contributed by atoms with Gasteiger partial charge in [-0.1, -0.05) is 17.7 Å². The third-order valence-corrected chi connectivity index (χ3v) is 2.60. The summed E-state index contributed by atoms with van der Waals surface area (Å²) in [6, 6.07) is 7.19. The van der Waals surface area contributed by atoms with Gasteiger partial charge in [-0.2, -0.15) is 0 Å². The van der Waals surface area contributed by atoms with E-state index in [4.69, 9.17) is 17.3 Å². The number of hydrogen-bond donors (Lipinski definition) is 2. The fraction of sp³-hybridized carbons (Fsp3) is 0. The smallest absolute Gasteiger partial charge is 0.259 e. The number of benzene rings is 1. The molecule has 4 nitrogen and oxygen atoms in total. The zero-order valence-electron chi connectivity index (χ0n) is 9.15. The highest BCUT2D eigenvalue weighted by Crippen LogP contribution is 2.25. The van der Waals surface area contributed by atoms with E-state index in [2.05, 4.69) is 10.3 Å². The zero-order valence-corrected chi connectivity index (χ0v) is 9.91. The van der Waals surface area contributed by atoms with Crippen molar-refractivity contribution in [1.82, 2.24) is 4.98 Å². The van der Waals surface area contributed by atoms with Gasteiger partial charge in [0.25, 0.3) is 5.91 Å². The molecule has 0 aliphatic heterocycles. The van der Waals surface area contributed by atoms with Gasteiger partial charge in [-0.3, -0.25) is 4.79 Å². The summed E-state index contributed by atoms with van der Waals surface area (Å²) in [5.74, 6) is -1.10. The van der Waals surface area contributed by atoms with Gasteiger partial charge >= 0.3 is 0 Å². The Morgan fingerprint density at radius 1 is 1.33 bits per heavy atom. The van der Waals surface area contributed by atoms with E-state index in [1.165, 1.54) is 30.5 Å². The number of pyridine rings is 1. The first-order chi connectivity index (χ1) is 8.59. The van der Waals surface area contributed by atoms with Gasteiger partial charge in [0.2, 0.25) is 0 Å². The highest BCUT2D eigenvalue weighted by molar-refractivity contribution is 6.34. The zero-order chi connectivity index (χ0) is 13.1. The van der Waals surface area contributed by atoms with E-state index in [9.17, 15) is 9.18 Å². The minimum Gasteiger partial charge on any atom is -0.383 e. The van der Waals surface area contributed by atoms with E-state index in [1.807, 2.05) is 0 Å². The van der Waals surface area contributed by atoms with E-state index >= 15 is 0 Å². The van der Waals surface area contributed by atoms with E-state index in [1.54, 1.807) is 6.07 Å². The van der Waals surface area contributed by atoms with Crippen molar-refractivity contribution in [3.8, 4) is 0 Å². The Kier molecular flexibility index (Phi) is 3.43. The molecule has 3 N–H and O–H groups in total. The number of rotatable bonds is 2. The van der Waals surface area contributed by atoms with Crippen molar-refractivity contribution < 1.29 is 9.18 Å². The Bertz CT molecular complexity index is 583. The molecule has 0 atom stereocenters. The van der Waals surface area contributed by atoms with Crippen LogP contribution in [-0.4, -0.2) is 10.9 Å². The van der Waals surface area contributed by atoms with Crippen molar-refractivity contribution in [1.29, 1.82) is 0 Å². The van der Waals surface area contributed by atoms with Gasteiger partial charge < -0.3 is 11.1 Å². The van der Waals surface area contributed by atoms with Crippen LogP contribution >= 0.6 is 11.6 Å². The van der Waals surface area contributed by atoms with Gasteiger partial charge in [0, 0.05) is 6.20 Å². The van der Waals surface area contributed by atoms with Crippen LogP contribution < -0.4 is 11.1 Å². The van der Waals surface area contributed by atoms with E-state index < -0.39 is 11.7 Å². The van der Waals surface area contributed by atoms with Crippen LogP contribution in [0.15, 0.2) is 36.5 Å². The molecular weight excluding hydrogens is 257 g/mol. The summed E-state index contributed by atoms with van der Waals surface area (Å²) in [4.78, 5) is 15.7. The van der Waals surface area contributed by atoms with Gasteiger partial charge in [0.1, 0.15) is 11.6 Å². The third kappa shape index (κ3) is 2.41. The number of carbonyl (C=O) groups is 1. The molecule has 92 valence electrons. The fourth-order valence-electron chi connectivity index (χ4n) is 1.41. The predicted molar refractivity (Wildman–Crippen MR) is 68.0 cm³/mol. The largest absolute Gasteiger partial charge is 0.383 e. The number of para-hydroxylation sites is 1. The lowest BCUT2D eigenvalue weighted by Crippen LogP contribution is -2.15. The van der Waals surface area contributed by atoms with Gasteiger partial charge in [0.15, 0.2) is 0 Å². The van der Waals surface area contributed by atoms with Crippen LogP contribution in [0.3, 0.4) is 0 Å². The molecule has 0 saturated carbocycles. The number of amides is 1. The predicted octanol–water partition coefficient (Wildman–Crippen LogP) is 2.71. The number of anilines is 2. The van der Waals surface area contributed by atoms with Crippen LogP contribution in [0.4, 0.5) is 15.9 Å². The van der Waals surface area contributed by atoms with Crippen molar-refractivity contribution in [2.45, 2.75) is 0 Å². The summed E-state index contributed by atoms with van der Waals surface area (Å²) in [7, 11) is 0. The normalized spacial score (nSPS) is 10.1. The van der Waals surface area contributed by atoms with Crippen molar-refractivity contribution >= 4 is 29.0 Å². The number of carbonyl (C=O) groups excluding carboxylic acids is 1. The number of hydrogen-bond acceptors (Lipinski definition) is 3. The highest BCUT2D eigenvalue weighted by Gasteiger charge is 2.14. The van der Waals surface area contributed by atoms with Crippen molar-refractivity contribution in [3.63, 3.8) is 0 Å². The average Bonchev–Trinajstić information content (AvgIpc) is 2.34. The molecule has 0 bridgehead atoms. The summed E-state index contributed by atoms with van der Waals surface area (Å²) >= 11 is 5.80. The molecule has 18 heavy (non-hydrogen) atoms. The molecule has 0 spiro atoms. The fourth-order valence-corrected chi connectivity index (χ4v) is 1.62. The van der Waals surface area contributed by atoms with Gasteiger partial charge in [0.05, 0.1) is 16.3 Å². The standard InChI is InChI=1S/C12H9ClFN3O/c13-8-4-1-5-9(14)10(8)17-12(18)7-3-2-6-16-11(7)15/h1-6H,(H2,15,16)(H,17,18). The molecule has 0 saturated heterocycles. The quantitative estimate of drug-likeness (QED) is 0.877. The number of nitrogen functional groups attached to an aromatic ring is 1. The molecule has 6 heteroatoms. The summed E-state index contributed by atoms with van der Waals surface area (Å²) in [5, 5.41) is 2.49. The van der Waals surface area contributed by atoms with Crippen LogP contribution in [0.25, 0.3) is 0 Å². The monoisotopic (exact) mass is 265 g/mol. The summed E-state index contributed by atoms with van der Waals surface area (Å²) in [5.41, 5.74) is 5.64. The number of halogens is 2. The van der Waals surface area contributed by atoms with E-state index in [-0.39, 0.29) is 22.1 Å². The molecule has 1 aromatic heterocycles. The second kappa shape index (κ2) is 5.01. The summed E-state index contributed by atoms with van der Waals surface area (Å²) in [6.45, 7) is 0. The lowest BCUT2D eigenvalue weighted by atomic mass is 10.2. The second-order valence-electron chi connectivity index (χ2n) is 3.49. The lowest BCUT2D eigenvalue weighted by molar-refractivity contribution is 0.102. The SMILES string of the molecule is Nc1ncccc1C(=O)Nc1c(F)cccc1Cl. The van der Waals surface area contributed by atoms with E-state index in [0.29, 0.717) is 0 Å². The van der Waals surface area contributed by atoms with Gasteiger partial charge in [-0.15, -0.1) is 0 Å². The maximum Gasteiger partial charge on any atom is 0.259 e. The maximum absolute atomic E-state index is 13.5. The van der Waals surface area contributed by atoms with Crippen molar-refractivity contribution in [2.24, 2.45) is 0 Å². The number of nitrogens with one attached hydrogen (secondary N) is 1. The maximum atomic E-state index is 13.5. The summed E-state index contributed by atoms with van der Waals surface area (Å²) in [6.07, 6.45) is 1.46. The number of nitrogens with zero attached hydrogens (tertiary/aromatic N) is 1. The van der Waals surface area contributed by atoms with Crippen molar-refractivity contribution in [3.05, 3.63) is 52.9 Å². The average molecular weight is 266 g/mol. The first-order valence-corrected chi connectivity index (χ1v) is 5.43. The van der Waals surface area contributed by atoms with E-state index in [0.717, 1.165) is 0 Å². The molecule has 2 rings (SSSR count). The minimum atomic E-state index is -0.613. The van der Waals surface area contributed by atoms with Crippen LogP contribution in [-0.2, 0) is 0 Å². The van der Waals surface area contributed by atoms with Crippen LogP contribution in [0.5, 0.6) is 0 Å². The Hall–Kier alpha value is -2.14. The highest BCUT2D eigenvalue weighted by atomic mass is 35.5. The van der Waals surface area contributed by atoms with Crippen LogP contribution in [0.1, 0.15) is 10.4 Å². The molecule has 1 heterocycles. The van der Waals surface area contributed by atoms with Crippen LogP contribution in [0.2, 0.25) is 5.02 Å². The molecule has 0 aliphatic carbocycles. The molecular formula is C12H9ClFN3O. The third-order valence-electron chi connectivity index (χ3n) is 2.28. The Labute approximate surface area is 108 Å². The first kappa shape index (κ1) is 12.3. The Morgan fingerprint density at radius 3 is 2.78 bits per heavy atom. The molecule has 0 unspecified atom stereocenters. The number of aromatic nitrogens is 1. The molecule has 0 aliphatic rings. The first-order valence-electron chi connectivity index (χ1n) is 5.05. The molecule has 0 fully saturated rings. The Balaban J connectivity index is 2.30. The summed E-state index contributed by atoms with van der Waals surface area (Å²) < 4.78 is 13.5. The van der Waals surface area contributed by atoms with Crippen LogP contribution in [0, 0.1) is 5.82 Å². The Morgan fingerprint density at radius 2 is 2.11 bits per heavy atom. The minimum absolute atomic E-state index is 0.0717. The molecule has 1 aromatic carbocycles. The molecule has 0 radical (unpaired) electrons.